The Morgan fingerprint density at radius 3 is 2.36 bits per heavy atom. The second-order valence-corrected chi connectivity index (χ2v) is 18.8. The zero-order valence-electron chi connectivity index (χ0n) is 23.0. The molecule has 0 aromatic carbocycles. The van der Waals surface area contributed by atoms with E-state index >= 15 is 0 Å². The Morgan fingerprint density at radius 1 is 0.970 bits per heavy atom. The number of allylic oxidation sites excluding steroid dienone is 1. The summed E-state index contributed by atoms with van der Waals surface area (Å²) in [6.07, 6.45) is 14.9. The minimum Gasteiger partial charge on any atom is -0.414 e. The monoisotopic (exact) mass is 472 g/mol. The van der Waals surface area contributed by atoms with E-state index in [2.05, 4.69) is 60.3 Å². The molecule has 0 aliphatic heterocycles. The maximum absolute atomic E-state index is 12.1. The molecular formula is C30H52O2Si. The summed E-state index contributed by atoms with van der Waals surface area (Å²) >= 11 is 0. The van der Waals surface area contributed by atoms with Crippen LogP contribution < -0.4 is 0 Å². The molecule has 188 valence electrons. The minimum atomic E-state index is -1.57. The topological polar surface area (TPSA) is 26.3 Å². The molecule has 8 atom stereocenters. The van der Waals surface area contributed by atoms with Crippen LogP contribution in [-0.4, -0.2) is 20.2 Å². The normalized spacial score (nSPS) is 40.6. The van der Waals surface area contributed by atoms with E-state index in [1.54, 1.807) is 0 Å². The molecule has 3 saturated carbocycles. The van der Waals surface area contributed by atoms with Crippen molar-refractivity contribution in [2.75, 3.05) is 0 Å². The van der Waals surface area contributed by atoms with Crippen LogP contribution in [0, 0.1) is 46.3 Å². The molecule has 4 rings (SSSR count). The van der Waals surface area contributed by atoms with Gasteiger partial charge in [0, 0.05) is 12.5 Å². The van der Waals surface area contributed by atoms with Crippen molar-refractivity contribution in [3.05, 3.63) is 11.6 Å². The predicted octanol–water partition coefficient (Wildman–Crippen LogP) is 8.43. The lowest BCUT2D eigenvalue weighted by atomic mass is 9.46. The molecular weight excluding hydrogens is 420 g/mol. The summed E-state index contributed by atoms with van der Waals surface area (Å²) in [4.78, 5) is 12.1. The average molecular weight is 473 g/mol. The van der Waals surface area contributed by atoms with E-state index < -0.39 is 8.32 Å². The summed E-state index contributed by atoms with van der Waals surface area (Å²) in [6, 6.07) is 0. The van der Waals surface area contributed by atoms with Crippen LogP contribution in [0.1, 0.15) is 98.8 Å². The standard InChI is InChI=1S/C30H52O2Si/c1-20(2)9-14-28(32-33(6,7)8)21(3)25-12-13-26-24-11-10-22-19-23(31)15-17-29(22,4)27(24)16-18-30(25,26)5/h19-21,24-28H,9-18H2,1-8H3/t21-,24?,25?,26?,27?,28?,29?,30?/m1/s1. The third-order valence-electron chi connectivity index (χ3n) is 10.8. The Kier molecular flexibility index (Phi) is 7.18. The molecule has 2 nitrogen and oxygen atoms in total. The fraction of sp³-hybridized carbons (Fsp3) is 0.900. The molecule has 0 heterocycles. The van der Waals surface area contributed by atoms with E-state index in [1.807, 2.05) is 0 Å². The highest BCUT2D eigenvalue weighted by Gasteiger charge is 2.60. The van der Waals surface area contributed by atoms with Crippen molar-refractivity contribution in [3.8, 4) is 0 Å². The van der Waals surface area contributed by atoms with Gasteiger partial charge in [-0.25, -0.2) is 0 Å². The second-order valence-electron chi connectivity index (χ2n) is 14.3. The van der Waals surface area contributed by atoms with Gasteiger partial charge in [-0.05, 0) is 130 Å². The number of carbonyl (C=O) groups excluding carboxylic acids is 1. The Labute approximate surface area is 205 Å². The van der Waals surface area contributed by atoms with Crippen molar-refractivity contribution in [3.63, 3.8) is 0 Å². The molecule has 0 N–H and O–H groups in total. The van der Waals surface area contributed by atoms with E-state index in [9.17, 15) is 4.79 Å². The molecule has 3 heteroatoms. The summed E-state index contributed by atoms with van der Waals surface area (Å²) in [5.74, 6) is 5.12. The van der Waals surface area contributed by atoms with Crippen LogP contribution >= 0.6 is 0 Å². The van der Waals surface area contributed by atoms with Gasteiger partial charge in [0.2, 0.25) is 0 Å². The number of carbonyl (C=O) groups is 1. The molecule has 7 unspecified atom stereocenters. The van der Waals surface area contributed by atoms with E-state index in [1.165, 1.54) is 56.9 Å². The van der Waals surface area contributed by atoms with Gasteiger partial charge in [0.25, 0.3) is 0 Å². The first-order valence-corrected chi connectivity index (χ1v) is 17.7. The third kappa shape index (κ3) is 4.84. The van der Waals surface area contributed by atoms with Crippen LogP contribution in [0.2, 0.25) is 19.6 Å². The van der Waals surface area contributed by atoms with Gasteiger partial charge in [-0.2, -0.15) is 0 Å². The zero-order valence-corrected chi connectivity index (χ0v) is 24.0. The fourth-order valence-electron chi connectivity index (χ4n) is 9.10. The summed E-state index contributed by atoms with van der Waals surface area (Å²) in [6.45, 7) is 19.6. The molecule has 3 fully saturated rings. The average Bonchev–Trinajstić information content (AvgIpc) is 3.07. The molecule has 0 aromatic heterocycles. The Morgan fingerprint density at radius 2 is 1.70 bits per heavy atom. The smallest absolute Gasteiger partial charge is 0.184 e. The summed E-state index contributed by atoms with van der Waals surface area (Å²) in [5, 5.41) is 0. The minimum absolute atomic E-state index is 0.294. The highest BCUT2D eigenvalue weighted by atomic mass is 28.4. The van der Waals surface area contributed by atoms with Crippen molar-refractivity contribution in [2.45, 2.75) is 125 Å². The Hall–Kier alpha value is -0.413. The molecule has 0 saturated heterocycles. The molecule has 0 radical (unpaired) electrons. The first kappa shape index (κ1) is 25.7. The number of fused-ring (bicyclic) bond motifs is 5. The van der Waals surface area contributed by atoms with Crippen molar-refractivity contribution in [1.29, 1.82) is 0 Å². The number of ketones is 1. The number of rotatable bonds is 7. The molecule has 0 spiro atoms. The lowest BCUT2D eigenvalue weighted by molar-refractivity contribution is -0.117. The highest BCUT2D eigenvalue weighted by molar-refractivity contribution is 6.69. The van der Waals surface area contributed by atoms with Gasteiger partial charge in [-0.15, -0.1) is 0 Å². The third-order valence-corrected chi connectivity index (χ3v) is 11.8. The molecule has 33 heavy (non-hydrogen) atoms. The van der Waals surface area contributed by atoms with Gasteiger partial charge in [0.1, 0.15) is 0 Å². The van der Waals surface area contributed by atoms with E-state index in [-0.39, 0.29) is 0 Å². The Balaban J connectivity index is 1.54. The van der Waals surface area contributed by atoms with E-state index in [4.69, 9.17) is 4.43 Å². The summed E-state index contributed by atoms with van der Waals surface area (Å²) in [5.41, 5.74) is 2.27. The van der Waals surface area contributed by atoms with E-state index in [0.29, 0.717) is 28.6 Å². The van der Waals surface area contributed by atoms with Crippen LogP contribution in [0.3, 0.4) is 0 Å². The van der Waals surface area contributed by atoms with Gasteiger partial charge in [-0.3, -0.25) is 4.79 Å². The maximum Gasteiger partial charge on any atom is 0.184 e. The van der Waals surface area contributed by atoms with Gasteiger partial charge < -0.3 is 4.43 Å². The maximum atomic E-state index is 12.1. The molecule has 0 bridgehead atoms. The molecule has 4 aliphatic rings. The Bertz CT molecular complexity index is 764. The van der Waals surface area contributed by atoms with Gasteiger partial charge >= 0.3 is 0 Å². The van der Waals surface area contributed by atoms with Crippen LogP contribution in [0.25, 0.3) is 0 Å². The second kappa shape index (κ2) is 9.23. The fourth-order valence-corrected chi connectivity index (χ4v) is 10.3. The summed E-state index contributed by atoms with van der Waals surface area (Å²) in [7, 11) is -1.57. The number of hydrogen-bond acceptors (Lipinski definition) is 2. The largest absolute Gasteiger partial charge is 0.414 e. The van der Waals surface area contributed by atoms with Gasteiger partial charge in [-0.1, -0.05) is 40.2 Å². The predicted molar refractivity (Wildman–Crippen MR) is 142 cm³/mol. The quantitative estimate of drug-likeness (QED) is 0.347. The number of hydrogen-bond donors (Lipinski definition) is 0. The van der Waals surface area contributed by atoms with Crippen LogP contribution in [0.15, 0.2) is 11.6 Å². The van der Waals surface area contributed by atoms with Crippen molar-refractivity contribution >= 4 is 14.1 Å². The molecule has 0 aromatic rings. The highest BCUT2D eigenvalue weighted by Crippen LogP contribution is 2.67. The van der Waals surface area contributed by atoms with Gasteiger partial charge in [0.05, 0.1) is 0 Å². The van der Waals surface area contributed by atoms with Crippen molar-refractivity contribution in [1.82, 2.24) is 0 Å². The summed E-state index contributed by atoms with van der Waals surface area (Å²) < 4.78 is 6.89. The molecule has 4 aliphatic carbocycles. The van der Waals surface area contributed by atoms with Crippen LogP contribution in [-0.2, 0) is 9.22 Å². The first-order chi connectivity index (χ1) is 15.3. The van der Waals surface area contributed by atoms with Crippen LogP contribution in [0.5, 0.6) is 0 Å². The van der Waals surface area contributed by atoms with Crippen molar-refractivity contribution in [2.24, 2.45) is 46.3 Å². The SMILES string of the molecule is CC(C)CCC(O[Si](C)(C)C)[C@H](C)C1CCC2C3CCC4=CC(=O)CCC4(C)C3CCC21C. The zero-order chi connectivity index (χ0) is 24.2. The lowest BCUT2D eigenvalue weighted by Crippen LogP contribution is -2.51. The first-order valence-electron chi connectivity index (χ1n) is 14.3. The van der Waals surface area contributed by atoms with Crippen molar-refractivity contribution < 1.29 is 9.22 Å². The van der Waals surface area contributed by atoms with E-state index in [0.717, 1.165) is 42.4 Å². The van der Waals surface area contributed by atoms with Gasteiger partial charge in [0.15, 0.2) is 14.1 Å². The lowest BCUT2D eigenvalue weighted by Gasteiger charge is -2.58. The van der Waals surface area contributed by atoms with Crippen LogP contribution in [0.4, 0.5) is 0 Å². The molecule has 0 amide bonds.